The molecule has 0 aliphatic heterocycles. The van der Waals surface area contributed by atoms with Gasteiger partial charge >= 0.3 is 0 Å². The first-order chi connectivity index (χ1) is 9.72. The highest BCUT2D eigenvalue weighted by atomic mass is 16.1. The summed E-state index contributed by atoms with van der Waals surface area (Å²) in [5, 5.41) is 3.03. The molecule has 0 spiro atoms. The van der Waals surface area contributed by atoms with Crippen molar-refractivity contribution in [1.29, 1.82) is 0 Å². The van der Waals surface area contributed by atoms with Crippen LogP contribution in [-0.2, 0) is 11.2 Å². The molecule has 0 unspecified atom stereocenters. The minimum atomic E-state index is 0.130. The Morgan fingerprint density at radius 1 is 1.45 bits per heavy atom. The largest absolute Gasteiger partial charge is 0.326 e. The van der Waals surface area contributed by atoms with Gasteiger partial charge in [0.15, 0.2) is 0 Å². The molecule has 1 aromatic rings. The van der Waals surface area contributed by atoms with Crippen molar-refractivity contribution in [2.24, 2.45) is 11.7 Å². The van der Waals surface area contributed by atoms with Crippen LogP contribution in [-0.4, -0.2) is 12.5 Å². The standard InChI is InChI=1S/C17H22N2O/c1-2-15-11-14(7-4-10-18)8-9-16(15)19-17(20)12-13-5-3-6-13/h8-9,11,13H,2-3,5-6,10,12,18H2,1H3,(H,19,20). The van der Waals surface area contributed by atoms with Crippen molar-refractivity contribution < 1.29 is 4.79 Å². The first kappa shape index (κ1) is 14.6. The van der Waals surface area contributed by atoms with Gasteiger partial charge in [-0.05, 0) is 48.9 Å². The molecule has 1 aromatic carbocycles. The van der Waals surface area contributed by atoms with Crippen molar-refractivity contribution in [3.05, 3.63) is 29.3 Å². The van der Waals surface area contributed by atoms with E-state index in [0.29, 0.717) is 18.9 Å². The van der Waals surface area contributed by atoms with Gasteiger partial charge in [-0.15, -0.1) is 0 Å². The number of nitrogens with one attached hydrogen (secondary N) is 1. The Morgan fingerprint density at radius 3 is 2.85 bits per heavy atom. The van der Waals surface area contributed by atoms with Crippen LogP contribution in [0.5, 0.6) is 0 Å². The average molecular weight is 270 g/mol. The first-order valence-electron chi connectivity index (χ1n) is 7.34. The minimum absolute atomic E-state index is 0.130. The molecule has 0 aromatic heterocycles. The van der Waals surface area contributed by atoms with Crippen LogP contribution in [0.4, 0.5) is 5.69 Å². The number of benzene rings is 1. The van der Waals surface area contributed by atoms with E-state index in [0.717, 1.165) is 23.2 Å². The van der Waals surface area contributed by atoms with Crippen LogP contribution in [0.15, 0.2) is 18.2 Å². The molecule has 0 atom stereocenters. The minimum Gasteiger partial charge on any atom is -0.326 e. The zero-order chi connectivity index (χ0) is 14.4. The second-order valence-corrected chi connectivity index (χ2v) is 5.28. The highest BCUT2D eigenvalue weighted by molar-refractivity contribution is 5.91. The predicted octanol–water partition coefficient (Wildman–Crippen LogP) is 2.69. The Labute approximate surface area is 120 Å². The fourth-order valence-corrected chi connectivity index (χ4v) is 2.40. The second-order valence-electron chi connectivity index (χ2n) is 5.28. The van der Waals surface area contributed by atoms with Gasteiger partial charge in [0.1, 0.15) is 0 Å². The van der Waals surface area contributed by atoms with E-state index in [1.807, 2.05) is 18.2 Å². The molecule has 3 heteroatoms. The molecule has 1 saturated carbocycles. The lowest BCUT2D eigenvalue weighted by molar-refractivity contribution is -0.117. The third-order valence-electron chi connectivity index (χ3n) is 3.79. The van der Waals surface area contributed by atoms with Gasteiger partial charge in [-0.1, -0.05) is 25.2 Å². The smallest absolute Gasteiger partial charge is 0.224 e. The van der Waals surface area contributed by atoms with Gasteiger partial charge < -0.3 is 11.1 Å². The van der Waals surface area contributed by atoms with E-state index in [1.54, 1.807) is 0 Å². The van der Waals surface area contributed by atoms with Crippen molar-refractivity contribution in [3.8, 4) is 11.8 Å². The highest BCUT2D eigenvalue weighted by Gasteiger charge is 2.20. The summed E-state index contributed by atoms with van der Waals surface area (Å²) in [5.41, 5.74) is 8.36. The maximum Gasteiger partial charge on any atom is 0.224 e. The van der Waals surface area contributed by atoms with Crippen LogP contribution in [0.3, 0.4) is 0 Å². The topological polar surface area (TPSA) is 55.1 Å². The van der Waals surface area contributed by atoms with Gasteiger partial charge in [0.05, 0.1) is 6.54 Å². The monoisotopic (exact) mass is 270 g/mol. The molecule has 1 fully saturated rings. The molecule has 0 radical (unpaired) electrons. The second kappa shape index (κ2) is 7.12. The molecular weight excluding hydrogens is 248 g/mol. The highest BCUT2D eigenvalue weighted by Crippen LogP contribution is 2.29. The van der Waals surface area contributed by atoms with Gasteiger partial charge in [0.2, 0.25) is 5.91 Å². The van der Waals surface area contributed by atoms with E-state index >= 15 is 0 Å². The fourth-order valence-electron chi connectivity index (χ4n) is 2.40. The summed E-state index contributed by atoms with van der Waals surface area (Å²) < 4.78 is 0. The molecule has 20 heavy (non-hydrogen) atoms. The van der Waals surface area contributed by atoms with Crippen molar-refractivity contribution in [2.45, 2.75) is 39.0 Å². The number of aryl methyl sites for hydroxylation is 1. The number of hydrogen-bond acceptors (Lipinski definition) is 2. The van der Waals surface area contributed by atoms with Crippen LogP contribution in [0.1, 0.15) is 43.7 Å². The van der Waals surface area contributed by atoms with Crippen LogP contribution in [0.25, 0.3) is 0 Å². The SMILES string of the molecule is CCc1cc(C#CCN)ccc1NC(=O)CC1CCC1. The van der Waals surface area contributed by atoms with E-state index in [1.165, 1.54) is 19.3 Å². The Balaban J connectivity index is 2.04. The summed E-state index contributed by atoms with van der Waals surface area (Å²) in [5.74, 6) is 6.59. The maximum absolute atomic E-state index is 12.0. The van der Waals surface area contributed by atoms with Crippen molar-refractivity contribution in [1.82, 2.24) is 0 Å². The van der Waals surface area contributed by atoms with E-state index in [-0.39, 0.29) is 5.91 Å². The van der Waals surface area contributed by atoms with Crippen molar-refractivity contribution in [3.63, 3.8) is 0 Å². The average Bonchev–Trinajstić information content (AvgIpc) is 2.41. The van der Waals surface area contributed by atoms with E-state index in [9.17, 15) is 4.79 Å². The van der Waals surface area contributed by atoms with Gasteiger partial charge in [0.25, 0.3) is 0 Å². The lowest BCUT2D eigenvalue weighted by atomic mass is 9.83. The number of hydrogen-bond donors (Lipinski definition) is 2. The Kier molecular flexibility index (Phi) is 5.20. The van der Waals surface area contributed by atoms with E-state index in [4.69, 9.17) is 5.73 Å². The third kappa shape index (κ3) is 3.85. The van der Waals surface area contributed by atoms with Crippen LogP contribution in [0.2, 0.25) is 0 Å². The number of rotatable bonds is 4. The zero-order valence-electron chi connectivity index (χ0n) is 12.0. The third-order valence-corrected chi connectivity index (χ3v) is 3.79. The van der Waals surface area contributed by atoms with Gasteiger partial charge in [-0.2, -0.15) is 0 Å². The number of nitrogens with two attached hydrogens (primary N) is 1. The van der Waals surface area contributed by atoms with Gasteiger partial charge in [-0.25, -0.2) is 0 Å². The summed E-state index contributed by atoms with van der Waals surface area (Å²) in [6, 6.07) is 5.90. The lowest BCUT2D eigenvalue weighted by Crippen LogP contribution is -2.21. The molecule has 2 rings (SSSR count). The summed E-state index contributed by atoms with van der Waals surface area (Å²) in [6.07, 6.45) is 5.19. The summed E-state index contributed by atoms with van der Waals surface area (Å²) in [6.45, 7) is 2.44. The number of carbonyl (C=O) groups excluding carboxylic acids is 1. The number of carbonyl (C=O) groups is 1. The molecule has 1 amide bonds. The molecule has 106 valence electrons. The molecule has 0 saturated heterocycles. The normalized spacial score (nSPS) is 14.1. The maximum atomic E-state index is 12.0. The Morgan fingerprint density at radius 2 is 2.25 bits per heavy atom. The summed E-state index contributed by atoms with van der Waals surface area (Å²) in [4.78, 5) is 12.0. The Bertz CT molecular complexity index is 536. The molecular formula is C17H22N2O. The lowest BCUT2D eigenvalue weighted by Gasteiger charge is -2.24. The van der Waals surface area contributed by atoms with Gasteiger partial charge in [-0.3, -0.25) is 4.79 Å². The van der Waals surface area contributed by atoms with Crippen LogP contribution >= 0.6 is 0 Å². The molecule has 3 N–H and O–H groups in total. The molecule has 0 bridgehead atoms. The molecule has 1 aliphatic rings. The number of amides is 1. The molecule has 3 nitrogen and oxygen atoms in total. The summed E-state index contributed by atoms with van der Waals surface area (Å²) >= 11 is 0. The predicted molar refractivity (Wildman–Crippen MR) is 82.3 cm³/mol. The fraction of sp³-hybridized carbons (Fsp3) is 0.471. The Hall–Kier alpha value is -1.79. The first-order valence-corrected chi connectivity index (χ1v) is 7.34. The van der Waals surface area contributed by atoms with Crippen molar-refractivity contribution in [2.75, 3.05) is 11.9 Å². The van der Waals surface area contributed by atoms with Gasteiger partial charge in [0, 0.05) is 17.7 Å². The van der Waals surface area contributed by atoms with Crippen molar-refractivity contribution >= 4 is 11.6 Å². The van der Waals surface area contributed by atoms with Crippen LogP contribution < -0.4 is 11.1 Å². The van der Waals surface area contributed by atoms with E-state index in [2.05, 4.69) is 24.1 Å². The van der Waals surface area contributed by atoms with E-state index < -0.39 is 0 Å². The molecule has 0 heterocycles. The van der Waals surface area contributed by atoms with Crippen LogP contribution in [0, 0.1) is 17.8 Å². The quantitative estimate of drug-likeness (QED) is 0.826. The summed E-state index contributed by atoms with van der Waals surface area (Å²) in [7, 11) is 0. The number of anilines is 1. The zero-order valence-corrected chi connectivity index (χ0v) is 12.0. The molecule has 1 aliphatic carbocycles.